The molecule has 2 N–H and O–H groups in total. The first-order chi connectivity index (χ1) is 13.5. The van der Waals surface area contributed by atoms with E-state index in [0.29, 0.717) is 5.92 Å². The van der Waals surface area contributed by atoms with Crippen LogP contribution in [0.15, 0.2) is 29.3 Å². The van der Waals surface area contributed by atoms with E-state index < -0.39 is 0 Å². The van der Waals surface area contributed by atoms with Gasteiger partial charge in [0.1, 0.15) is 0 Å². The first-order valence-corrected chi connectivity index (χ1v) is 11.0. The molecule has 0 radical (unpaired) electrons. The summed E-state index contributed by atoms with van der Waals surface area (Å²) in [6, 6.07) is 8.93. The molecule has 1 fully saturated rings. The minimum Gasteiger partial charge on any atom is -0.356 e. The predicted octanol–water partition coefficient (Wildman–Crippen LogP) is 4.26. The van der Waals surface area contributed by atoms with Crippen LogP contribution in [0.5, 0.6) is 0 Å². The molecule has 2 heterocycles. The summed E-state index contributed by atoms with van der Waals surface area (Å²) in [6.07, 6.45) is 2.48. The lowest BCUT2D eigenvalue weighted by Gasteiger charge is -2.32. The van der Waals surface area contributed by atoms with Gasteiger partial charge >= 0.3 is 0 Å². The van der Waals surface area contributed by atoms with Crippen molar-refractivity contribution < 1.29 is 0 Å². The zero-order valence-corrected chi connectivity index (χ0v) is 21.1. The Labute approximate surface area is 196 Å². The van der Waals surface area contributed by atoms with Crippen LogP contribution in [0, 0.1) is 26.7 Å². The molecule has 7 heteroatoms. The van der Waals surface area contributed by atoms with Crippen LogP contribution in [0.4, 0.5) is 0 Å². The Bertz CT molecular complexity index is 779. The van der Waals surface area contributed by atoms with Gasteiger partial charge in [-0.05, 0) is 58.2 Å². The summed E-state index contributed by atoms with van der Waals surface area (Å²) >= 11 is 1.75. The maximum absolute atomic E-state index is 4.49. The van der Waals surface area contributed by atoms with E-state index in [4.69, 9.17) is 0 Å². The Morgan fingerprint density at radius 1 is 1.14 bits per heavy atom. The van der Waals surface area contributed by atoms with E-state index in [1.807, 2.05) is 7.05 Å². The van der Waals surface area contributed by atoms with Crippen molar-refractivity contribution in [2.24, 2.45) is 10.9 Å². The van der Waals surface area contributed by atoms with E-state index in [2.05, 4.69) is 70.5 Å². The lowest BCUT2D eigenvalue weighted by Crippen LogP contribution is -2.42. The number of aromatic nitrogens is 1. The van der Waals surface area contributed by atoms with E-state index in [1.165, 1.54) is 41.9 Å². The fraction of sp³-hybridized carbons (Fsp3) is 0.545. The number of guanidine groups is 1. The molecule has 1 aliphatic heterocycles. The topological polar surface area (TPSA) is 52.6 Å². The molecule has 0 unspecified atom stereocenters. The monoisotopic (exact) mass is 527 g/mol. The third-order valence-corrected chi connectivity index (χ3v) is 6.50. The molecule has 1 saturated heterocycles. The highest BCUT2D eigenvalue weighted by Crippen LogP contribution is 2.19. The summed E-state index contributed by atoms with van der Waals surface area (Å²) in [5.41, 5.74) is 3.86. The minimum atomic E-state index is 0. The van der Waals surface area contributed by atoms with Crippen molar-refractivity contribution in [3.05, 3.63) is 51.0 Å². The molecule has 0 saturated carbocycles. The average Bonchev–Trinajstić information content (AvgIpc) is 3.02. The molecule has 5 nitrogen and oxygen atoms in total. The van der Waals surface area contributed by atoms with Gasteiger partial charge in [0.05, 0.1) is 17.2 Å². The Kier molecular flexibility index (Phi) is 9.85. The summed E-state index contributed by atoms with van der Waals surface area (Å²) in [5.74, 6) is 1.59. The highest BCUT2D eigenvalue weighted by atomic mass is 127. The number of hydrogen-bond donors (Lipinski definition) is 2. The average molecular weight is 528 g/mol. The van der Waals surface area contributed by atoms with Crippen LogP contribution >= 0.6 is 35.3 Å². The largest absolute Gasteiger partial charge is 0.356 e. The number of likely N-dealkylation sites (tertiary alicyclic amines) is 1. The van der Waals surface area contributed by atoms with E-state index in [1.54, 1.807) is 11.3 Å². The zero-order chi connectivity index (χ0) is 19.9. The second kappa shape index (κ2) is 11.9. The van der Waals surface area contributed by atoms with E-state index in [9.17, 15) is 0 Å². The van der Waals surface area contributed by atoms with Gasteiger partial charge in [-0.15, -0.1) is 35.3 Å². The maximum Gasteiger partial charge on any atom is 0.191 e. The van der Waals surface area contributed by atoms with Crippen LogP contribution in [0.3, 0.4) is 0 Å². The van der Waals surface area contributed by atoms with Crippen LogP contribution in [0.1, 0.15) is 39.5 Å². The quantitative estimate of drug-likeness (QED) is 0.335. The zero-order valence-electron chi connectivity index (χ0n) is 18.0. The van der Waals surface area contributed by atoms with Gasteiger partial charge in [0, 0.05) is 25.0 Å². The highest BCUT2D eigenvalue weighted by molar-refractivity contribution is 14.0. The molecule has 0 bridgehead atoms. The number of benzene rings is 1. The Balaban J connectivity index is 0.00000300. The summed E-state index contributed by atoms with van der Waals surface area (Å²) < 4.78 is 0. The van der Waals surface area contributed by atoms with Crippen molar-refractivity contribution in [1.82, 2.24) is 20.5 Å². The predicted molar refractivity (Wildman–Crippen MR) is 134 cm³/mol. The molecule has 29 heavy (non-hydrogen) atoms. The van der Waals surface area contributed by atoms with Gasteiger partial charge in [-0.3, -0.25) is 9.89 Å². The summed E-state index contributed by atoms with van der Waals surface area (Å²) in [7, 11) is 1.84. The minimum absolute atomic E-state index is 0. The number of nitrogens with one attached hydrogen (secondary N) is 2. The number of rotatable bonds is 6. The molecule has 0 amide bonds. The first-order valence-electron chi connectivity index (χ1n) is 10.2. The summed E-state index contributed by atoms with van der Waals surface area (Å²) in [6.45, 7) is 11.4. The Morgan fingerprint density at radius 3 is 2.41 bits per heavy atom. The van der Waals surface area contributed by atoms with Crippen molar-refractivity contribution in [2.45, 2.75) is 46.7 Å². The van der Waals surface area contributed by atoms with Crippen LogP contribution < -0.4 is 10.6 Å². The highest BCUT2D eigenvalue weighted by Gasteiger charge is 2.19. The fourth-order valence-electron chi connectivity index (χ4n) is 3.66. The normalized spacial score (nSPS) is 15.8. The lowest BCUT2D eigenvalue weighted by molar-refractivity contribution is 0.178. The second-order valence-corrected chi connectivity index (χ2v) is 9.04. The molecule has 0 atom stereocenters. The number of halogens is 1. The van der Waals surface area contributed by atoms with Crippen LogP contribution in [0.25, 0.3) is 0 Å². The van der Waals surface area contributed by atoms with Gasteiger partial charge in [0.25, 0.3) is 0 Å². The first kappa shape index (κ1) is 24.1. The molecule has 1 aromatic heterocycles. The Hall–Kier alpha value is -1.19. The van der Waals surface area contributed by atoms with Crippen LogP contribution in [0.2, 0.25) is 0 Å². The molecule has 1 aromatic carbocycles. The number of piperidine rings is 1. The lowest BCUT2D eigenvalue weighted by atomic mass is 9.96. The SMILES string of the molecule is CN=C(NCc1sc(C)nc1C)NCC1CCN(Cc2ccc(C)cc2)CC1.I. The fourth-order valence-corrected chi connectivity index (χ4v) is 4.54. The smallest absolute Gasteiger partial charge is 0.191 e. The number of thiazole rings is 1. The van der Waals surface area contributed by atoms with Crippen LogP contribution in [-0.4, -0.2) is 42.5 Å². The van der Waals surface area contributed by atoms with E-state index in [0.717, 1.165) is 36.3 Å². The summed E-state index contributed by atoms with van der Waals surface area (Å²) in [4.78, 5) is 12.7. The van der Waals surface area contributed by atoms with Gasteiger partial charge in [0.15, 0.2) is 5.96 Å². The number of aryl methyl sites for hydroxylation is 3. The van der Waals surface area contributed by atoms with Crippen molar-refractivity contribution in [3.8, 4) is 0 Å². The van der Waals surface area contributed by atoms with Crippen molar-refractivity contribution in [1.29, 1.82) is 0 Å². The van der Waals surface area contributed by atoms with Gasteiger partial charge < -0.3 is 10.6 Å². The van der Waals surface area contributed by atoms with Gasteiger partial charge in [0.2, 0.25) is 0 Å². The number of hydrogen-bond acceptors (Lipinski definition) is 4. The van der Waals surface area contributed by atoms with E-state index in [-0.39, 0.29) is 24.0 Å². The molecule has 0 aliphatic carbocycles. The number of nitrogens with zero attached hydrogens (tertiary/aromatic N) is 3. The van der Waals surface area contributed by atoms with Gasteiger partial charge in [-0.1, -0.05) is 29.8 Å². The Morgan fingerprint density at radius 2 is 1.83 bits per heavy atom. The van der Waals surface area contributed by atoms with Crippen LogP contribution in [-0.2, 0) is 13.1 Å². The standard InChI is InChI=1S/C22H33N5S.HI/c1-16-5-7-20(8-6-16)15-27-11-9-19(10-12-27)13-24-22(23-4)25-14-21-17(2)26-18(3)28-21;/h5-8,19H,9-15H2,1-4H3,(H2,23,24,25);1H. The molecule has 160 valence electrons. The molecular weight excluding hydrogens is 493 g/mol. The third-order valence-electron chi connectivity index (χ3n) is 5.43. The van der Waals surface area contributed by atoms with Gasteiger partial charge in [-0.2, -0.15) is 0 Å². The molecule has 2 aromatic rings. The molecular formula is C22H34IN5S. The number of aliphatic imine (C=N–C) groups is 1. The molecule has 0 spiro atoms. The van der Waals surface area contributed by atoms with Crippen molar-refractivity contribution in [2.75, 3.05) is 26.7 Å². The van der Waals surface area contributed by atoms with Crippen molar-refractivity contribution >= 4 is 41.3 Å². The third kappa shape index (κ3) is 7.53. The second-order valence-electron chi connectivity index (χ2n) is 7.75. The van der Waals surface area contributed by atoms with Gasteiger partial charge in [-0.25, -0.2) is 4.98 Å². The molecule has 3 rings (SSSR count). The maximum atomic E-state index is 4.49. The summed E-state index contributed by atoms with van der Waals surface area (Å²) in [5, 5.41) is 8.06. The van der Waals surface area contributed by atoms with Crippen molar-refractivity contribution in [3.63, 3.8) is 0 Å². The van der Waals surface area contributed by atoms with E-state index >= 15 is 0 Å². The molecule has 1 aliphatic rings.